The van der Waals surface area contributed by atoms with Crippen LogP contribution in [0.4, 0.5) is 49.4 Å². The van der Waals surface area contributed by atoms with Crippen LogP contribution in [0, 0.1) is 6.92 Å². The van der Waals surface area contributed by atoms with Crippen LogP contribution in [0.2, 0.25) is 0 Å². The molecular formula is C78H86N14O13. The maximum Gasteiger partial charge on any atom is 0.416 e. The fourth-order valence-corrected chi connectivity index (χ4v) is 12.4. The van der Waals surface area contributed by atoms with Gasteiger partial charge in [0.1, 0.15) is 29.3 Å². The van der Waals surface area contributed by atoms with Gasteiger partial charge in [-0.25, -0.2) is 24.5 Å². The molecule has 12 rings (SSSR count). The van der Waals surface area contributed by atoms with Gasteiger partial charge in [0.15, 0.2) is 24.2 Å². The first kappa shape index (κ1) is 74.1. The number of ether oxygens (including phenoxy) is 5. The minimum Gasteiger partial charge on any atom is -0.493 e. The summed E-state index contributed by atoms with van der Waals surface area (Å²) in [7, 11) is 6.94. The van der Waals surface area contributed by atoms with Crippen LogP contribution in [0.1, 0.15) is 130 Å². The summed E-state index contributed by atoms with van der Waals surface area (Å²) in [6, 6.07) is 38.8. The van der Waals surface area contributed by atoms with Crippen molar-refractivity contribution < 1.29 is 62.0 Å². The van der Waals surface area contributed by atoms with E-state index in [9.17, 15) is 38.4 Å². The van der Waals surface area contributed by atoms with E-state index in [1.54, 1.807) is 153 Å². The molecule has 27 nitrogen and oxygen atoms in total. The molecule has 4 aromatic heterocycles. The highest BCUT2D eigenvalue weighted by molar-refractivity contribution is 6.08. The molecule has 0 bridgehead atoms. The van der Waals surface area contributed by atoms with Crippen LogP contribution in [0.25, 0.3) is 22.5 Å². The molecule has 0 saturated carbocycles. The van der Waals surface area contributed by atoms with Crippen molar-refractivity contribution >= 4 is 87.4 Å². The zero-order chi connectivity index (χ0) is 74.5. The summed E-state index contributed by atoms with van der Waals surface area (Å²) in [5.74, 6) is -0.828. The van der Waals surface area contributed by atoms with E-state index in [1.807, 2.05) is 84.6 Å². The van der Waals surface area contributed by atoms with Crippen LogP contribution in [0.5, 0.6) is 5.75 Å². The third kappa shape index (κ3) is 18.8. The predicted octanol–water partition coefficient (Wildman–Crippen LogP) is 13.3. The van der Waals surface area contributed by atoms with E-state index in [0.717, 1.165) is 36.8 Å². The summed E-state index contributed by atoms with van der Waals surface area (Å²) in [4.78, 5) is 117. The van der Waals surface area contributed by atoms with Gasteiger partial charge in [-0.15, -0.1) is 0 Å². The number of nitrogens with zero attached hydrogens (tertiary/aromatic N) is 8. The number of aromatic nitrogens is 6. The molecule has 546 valence electrons. The summed E-state index contributed by atoms with van der Waals surface area (Å²) >= 11 is 0. The normalized spacial score (nSPS) is 15.5. The number of anilines is 7. The molecule has 3 aliphatic heterocycles. The molecule has 6 N–H and O–H groups in total. The van der Waals surface area contributed by atoms with E-state index in [-0.39, 0.29) is 66.7 Å². The third-order valence-electron chi connectivity index (χ3n) is 17.4. The maximum absolute atomic E-state index is 14.2. The van der Waals surface area contributed by atoms with Crippen LogP contribution >= 0.6 is 0 Å². The largest absolute Gasteiger partial charge is 0.493 e. The van der Waals surface area contributed by atoms with Gasteiger partial charge in [-0.2, -0.15) is 0 Å². The fraction of sp³-hybridized carbons (Fsp3) is 0.308. The highest BCUT2D eigenvalue weighted by Gasteiger charge is 2.47. The number of piperidine rings is 1. The molecule has 0 radical (unpaired) electrons. The zero-order valence-corrected chi connectivity index (χ0v) is 59.9. The van der Waals surface area contributed by atoms with Gasteiger partial charge >= 0.3 is 12.2 Å². The number of hydrogen-bond donors (Lipinski definition) is 6. The van der Waals surface area contributed by atoms with Crippen molar-refractivity contribution in [2.24, 2.45) is 28.2 Å². The Kier molecular flexibility index (Phi) is 23.5. The lowest BCUT2D eigenvalue weighted by Gasteiger charge is -2.42. The van der Waals surface area contributed by atoms with E-state index >= 15 is 0 Å². The molecule has 2 fully saturated rings. The summed E-state index contributed by atoms with van der Waals surface area (Å²) in [6.07, 6.45) is 11.0. The summed E-state index contributed by atoms with van der Waals surface area (Å²) in [6.45, 7) is 12.1. The molecule has 105 heavy (non-hydrogen) atoms. The van der Waals surface area contributed by atoms with Gasteiger partial charge in [0, 0.05) is 112 Å². The molecule has 3 atom stereocenters. The van der Waals surface area contributed by atoms with E-state index in [4.69, 9.17) is 23.7 Å². The Bertz CT molecular complexity index is 4640. The van der Waals surface area contributed by atoms with Crippen LogP contribution in [-0.2, 0) is 51.9 Å². The molecule has 0 spiro atoms. The van der Waals surface area contributed by atoms with Crippen molar-refractivity contribution in [3.63, 3.8) is 0 Å². The lowest BCUT2D eigenvalue weighted by Crippen LogP contribution is -2.57. The molecule has 2 saturated heterocycles. The predicted molar refractivity (Wildman–Crippen MR) is 398 cm³/mol. The van der Waals surface area contributed by atoms with Gasteiger partial charge < -0.3 is 73.4 Å². The lowest BCUT2D eigenvalue weighted by atomic mass is 10.00. The topological polar surface area (TPSA) is 307 Å². The first-order valence-electron chi connectivity index (χ1n) is 34.6. The monoisotopic (exact) mass is 1430 g/mol. The second-order valence-corrected chi connectivity index (χ2v) is 26.7. The van der Waals surface area contributed by atoms with Crippen molar-refractivity contribution in [3.8, 4) is 28.3 Å². The minimum atomic E-state index is -0.864. The Morgan fingerprint density at radius 1 is 0.600 bits per heavy atom. The Morgan fingerprint density at radius 3 is 1.65 bits per heavy atom. The van der Waals surface area contributed by atoms with Crippen molar-refractivity contribution in [1.82, 2.24) is 33.1 Å². The Hall–Kier alpha value is -12.1. The van der Waals surface area contributed by atoms with Gasteiger partial charge in [-0.05, 0) is 145 Å². The lowest BCUT2D eigenvalue weighted by molar-refractivity contribution is -0.198. The molecule has 9 aromatic rings. The SMILES string of the molecule is C=CCOC(=O)N1c2cc(OCCCC(=O)Nc3cc(C(=O)Nc4ccc(-c5cn(C)c(C(=O)Nc6ccccc6)n5)cc4)n(C)c3)c(C)cc2C(=O)N2CCCC[C@H]2C1OC1CCCCO1.Cn1cc(NC(=O)OC(C)(C)C)cc1C(=O)Nc1ccc(-c2cn(C)c(C(=O)Nc3ccccc3)n2)cc1. The molecule has 0 aliphatic carbocycles. The number of carbonyl (C=O) groups excluding carboxylic acids is 8. The van der Waals surface area contributed by atoms with Gasteiger partial charge in [0.25, 0.3) is 29.5 Å². The van der Waals surface area contributed by atoms with Crippen molar-refractivity contribution in [2.75, 3.05) is 63.2 Å². The highest BCUT2D eigenvalue weighted by Crippen LogP contribution is 2.40. The van der Waals surface area contributed by atoms with Crippen LogP contribution in [0.15, 0.2) is 171 Å². The number of imidazole rings is 2. The number of carbonyl (C=O) groups is 8. The van der Waals surface area contributed by atoms with E-state index < -0.39 is 36.3 Å². The van der Waals surface area contributed by atoms with Crippen LogP contribution < -0.4 is 41.5 Å². The number of fused-ring (bicyclic) bond motifs is 2. The smallest absolute Gasteiger partial charge is 0.416 e. The summed E-state index contributed by atoms with van der Waals surface area (Å²) in [5.41, 5.74) is 7.60. The molecule has 3 aliphatic rings. The number of aryl methyl sites for hydroxylation is 5. The number of para-hydroxylation sites is 2. The molecule has 5 aromatic carbocycles. The number of nitrogens with one attached hydrogen (secondary N) is 6. The number of benzene rings is 5. The molecule has 7 heterocycles. The van der Waals surface area contributed by atoms with E-state index in [2.05, 4.69) is 48.4 Å². The molecular weight excluding hydrogens is 1340 g/mol. The summed E-state index contributed by atoms with van der Waals surface area (Å²) < 4.78 is 36.2. The number of amides is 8. The first-order chi connectivity index (χ1) is 50.4. The second-order valence-electron chi connectivity index (χ2n) is 26.7. The Labute approximate surface area is 607 Å². The van der Waals surface area contributed by atoms with Crippen LogP contribution in [-0.4, -0.2) is 131 Å². The van der Waals surface area contributed by atoms with E-state index in [1.165, 1.54) is 11.0 Å². The van der Waals surface area contributed by atoms with Gasteiger partial charge in [-0.1, -0.05) is 73.3 Å². The van der Waals surface area contributed by atoms with Crippen LogP contribution in [0.3, 0.4) is 0 Å². The average Bonchev–Trinajstić information content (AvgIpc) is 1.64. The van der Waals surface area contributed by atoms with Crippen molar-refractivity contribution in [3.05, 3.63) is 205 Å². The Morgan fingerprint density at radius 2 is 1.12 bits per heavy atom. The number of rotatable bonds is 21. The third-order valence-corrected chi connectivity index (χ3v) is 17.4. The molecule has 27 heteroatoms. The Balaban J connectivity index is 0.000000245. The molecule has 2 unspecified atom stereocenters. The van der Waals surface area contributed by atoms with Gasteiger partial charge in [-0.3, -0.25) is 34.1 Å². The molecule has 8 amide bonds. The van der Waals surface area contributed by atoms with Gasteiger partial charge in [0.05, 0.1) is 46.7 Å². The average molecular weight is 1430 g/mol. The standard InChI is InChI=1S/C50H56N8O9.C28H30N6O4/c1-5-24-66-50(63)58-40-29-42(32(2)27-37(40)48(62)57-23-11-9-16-39(57)49(58)67-44-18-10-12-25-65-44)64-26-13-17-43(59)51-36-28-41(55(3)30-36)46(60)52-35-21-19-33(20-22-35)38-31-56(4)45(54-38)47(61)53-34-14-7-6-8-15-34;1-28(2,3)38-27(37)31-21-15-23(33(4)16-21)25(35)29-20-13-11-18(12-14-20)22-17-34(5)24(32-22)26(36)30-19-9-7-6-8-10-19/h5-8,14-15,19-22,27-31,39,44,49H,1,9-13,16-18,23-26H2,2-4H3,(H,51,59)(H,52,60)(H,53,61);6-17H,1-5H3,(H,29,35)(H,30,36)(H,31,37)/t39-,44?,49?;/m0./s1. The minimum absolute atomic E-state index is 0.0289. The summed E-state index contributed by atoms with van der Waals surface area (Å²) in [5, 5.41) is 16.9. The van der Waals surface area contributed by atoms with E-state index in [0.29, 0.717) is 112 Å². The number of hydrogen-bond acceptors (Lipinski definition) is 15. The quantitative estimate of drug-likeness (QED) is 0.0288. The van der Waals surface area contributed by atoms with Crippen molar-refractivity contribution in [1.29, 1.82) is 0 Å². The highest BCUT2D eigenvalue weighted by atomic mass is 16.7. The second kappa shape index (κ2) is 33.3. The fourth-order valence-electron chi connectivity index (χ4n) is 12.4. The van der Waals surface area contributed by atoms with Gasteiger partial charge in [0.2, 0.25) is 5.91 Å². The maximum atomic E-state index is 14.2. The first-order valence-corrected chi connectivity index (χ1v) is 34.6. The zero-order valence-electron chi connectivity index (χ0n) is 59.9. The van der Waals surface area contributed by atoms with Crippen molar-refractivity contribution in [2.45, 2.75) is 103 Å².